The van der Waals surface area contributed by atoms with Crippen LogP contribution in [0.2, 0.25) is 0 Å². The number of hydrogen-bond donors (Lipinski definition) is 1. The fourth-order valence-electron chi connectivity index (χ4n) is 1.67. The lowest BCUT2D eigenvalue weighted by molar-refractivity contribution is 0.493. The minimum absolute atomic E-state index is 0.516. The molecule has 1 fully saturated rings. The molecule has 0 amide bonds. The van der Waals surface area contributed by atoms with Gasteiger partial charge in [-0.1, -0.05) is 6.92 Å². The summed E-state index contributed by atoms with van der Waals surface area (Å²) >= 11 is 0. The van der Waals surface area contributed by atoms with Crippen LogP contribution in [0.4, 0.5) is 5.69 Å². The molecule has 76 valence electrons. The van der Waals surface area contributed by atoms with Crippen molar-refractivity contribution in [3.63, 3.8) is 0 Å². The molecule has 2 rings (SSSR count). The molecule has 0 aliphatic heterocycles. The van der Waals surface area contributed by atoms with Crippen LogP contribution in [0.3, 0.4) is 0 Å². The molecule has 1 heterocycles. The third kappa shape index (κ3) is 1.74. The average molecular weight is 190 g/mol. The van der Waals surface area contributed by atoms with Crippen molar-refractivity contribution < 1.29 is 0 Å². The number of pyridine rings is 1. The number of anilines is 1. The van der Waals surface area contributed by atoms with Crippen molar-refractivity contribution in [2.45, 2.75) is 39.7 Å². The van der Waals surface area contributed by atoms with Crippen molar-refractivity contribution >= 4 is 5.69 Å². The van der Waals surface area contributed by atoms with Crippen molar-refractivity contribution in [2.75, 3.05) is 5.32 Å². The zero-order valence-corrected chi connectivity index (χ0v) is 9.17. The molecule has 0 bridgehead atoms. The first-order valence-electron chi connectivity index (χ1n) is 5.30. The van der Waals surface area contributed by atoms with E-state index in [2.05, 4.69) is 30.2 Å². The van der Waals surface area contributed by atoms with E-state index >= 15 is 0 Å². The Balaban J connectivity index is 2.07. The summed E-state index contributed by atoms with van der Waals surface area (Å²) in [6, 6.07) is 4.63. The number of nitrogens with one attached hydrogen (secondary N) is 1. The summed E-state index contributed by atoms with van der Waals surface area (Å²) in [7, 11) is 0. The molecule has 2 heteroatoms. The van der Waals surface area contributed by atoms with Crippen molar-refractivity contribution in [2.24, 2.45) is 5.41 Å². The second-order valence-corrected chi connectivity index (χ2v) is 4.66. The van der Waals surface area contributed by atoms with Gasteiger partial charge in [0.1, 0.15) is 0 Å². The summed E-state index contributed by atoms with van der Waals surface area (Å²) in [5.74, 6) is 0. The Labute approximate surface area is 85.7 Å². The Hall–Kier alpha value is -1.05. The van der Waals surface area contributed by atoms with Crippen LogP contribution in [0.5, 0.6) is 0 Å². The third-order valence-electron chi connectivity index (χ3n) is 3.46. The maximum Gasteiger partial charge on any atom is 0.0603 e. The van der Waals surface area contributed by atoms with Gasteiger partial charge in [-0.25, -0.2) is 0 Å². The van der Waals surface area contributed by atoms with E-state index in [9.17, 15) is 0 Å². The quantitative estimate of drug-likeness (QED) is 0.792. The SMILES string of the molecule is Cc1ncccc1NC(C)C1(C)CC1. The molecule has 0 aromatic carbocycles. The predicted molar refractivity (Wildman–Crippen MR) is 59.4 cm³/mol. The van der Waals surface area contributed by atoms with E-state index in [4.69, 9.17) is 0 Å². The molecule has 0 saturated heterocycles. The van der Waals surface area contributed by atoms with E-state index in [-0.39, 0.29) is 0 Å². The van der Waals surface area contributed by atoms with E-state index in [0.29, 0.717) is 11.5 Å². The second-order valence-electron chi connectivity index (χ2n) is 4.66. The third-order valence-corrected chi connectivity index (χ3v) is 3.46. The van der Waals surface area contributed by atoms with Crippen molar-refractivity contribution in [3.05, 3.63) is 24.0 Å². The Kier molecular flexibility index (Phi) is 2.22. The summed E-state index contributed by atoms with van der Waals surface area (Å²) in [4.78, 5) is 4.27. The zero-order chi connectivity index (χ0) is 10.2. The van der Waals surface area contributed by atoms with Gasteiger partial charge in [-0.3, -0.25) is 4.98 Å². The van der Waals surface area contributed by atoms with Gasteiger partial charge in [0.2, 0.25) is 0 Å². The van der Waals surface area contributed by atoms with Gasteiger partial charge in [0.05, 0.1) is 11.4 Å². The van der Waals surface area contributed by atoms with Gasteiger partial charge in [-0.2, -0.15) is 0 Å². The maximum absolute atomic E-state index is 4.27. The lowest BCUT2D eigenvalue weighted by Gasteiger charge is -2.22. The number of aryl methyl sites for hydroxylation is 1. The van der Waals surface area contributed by atoms with Crippen LogP contribution in [0.1, 0.15) is 32.4 Å². The standard InChI is InChI=1S/C12H18N2/c1-9-11(5-4-8-13-9)14-10(2)12(3)6-7-12/h4-5,8,10,14H,6-7H2,1-3H3. The molecule has 1 saturated carbocycles. The first-order chi connectivity index (χ1) is 6.62. The highest BCUT2D eigenvalue weighted by atomic mass is 15.0. The van der Waals surface area contributed by atoms with Crippen LogP contribution in [-0.2, 0) is 0 Å². The van der Waals surface area contributed by atoms with Crippen molar-refractivity contribution in [1.29, 1.82) is 0 Å². The maximum atomic E-state index is 4.27. The van der Waals surface area contributed by atoms with E-state index in [1.807, 2.05) is 19.2 Å². The fraction of sp³-hybridized carbons (Fsp3) is 0.583. The van der Waals surface area contributed by atoms with Crippen LogP contribution >= 0.6 is 0 Å². The van der Waals surface area contributed by atoms with Crippen LogP contribution < -0.4 is 5.32 Å². The van der Waals surface area contributed by atoms with Crippen LogP contribution in [0.25, 0.3) is 0 Å². The molecular formula is C12H18N2. The summed E-state index contributed by atoms with van der Waals surface area (Å²) in [5.41, 5.74) is 2.78. The second kappa shape index (κ2) is 3.26. The highest BCUT2D eigenvalue weighted by Crippen LogP contribution is 2.48. The molecule has 1 aliphatic carbocycles. The fourth-order valence-corrected chi connectivity index (χ4v) is 1.67. The molecular weight excluding hydrogens is 172 g/mol. The van der Waals surface area contributed by atoms with Crippen LogP contribution in [0, 0.1) is 12.3 Å². The van der Waals surface area contributed by atoms with Gasteiger partial charge < -0.3 is 5.32 Å². The Morgan fingerprint density at radius 1 is 1.50 bits per heavy atom. The average Bonchev–Trinajstić information content (AvgIpc) is 2.89. The van der Waals surface area contributed by atoms with Crippen molar-refractivity contribution in [3.8, 4) is 0 Å². The Morgan fingerprint density at radius 3 is 2.79 bits per heavy atom. The van der Waals surface area contributed by atoms with Gasteiger partial charge in [-0.15, -0.1) is 0 Å². The minimum Gasteiger partial charge on any atom is -0.381 e. The molecule has 1 atom stereocenters. The molecule has 1 N–H and O–H groups in total. The Bertz CT molecular complexity index is 329. The zero-order valence-electron chi connectivity index (χ0n) is 9.17. The van der Waals surface area contributed by atoms with E-state index in [1.54, 1.807) is 0 Å². The first-order valence-corrected chi connectivity index (χ1v) is 5.30. The normalized spacial score (nSPS) is 20.2. The minimum atomic E-state index is 0.516. The van der Waals surface area contributed by atoms with E-state index in [0.717, 1.165) is 5.69 Å². The molecule has 1 aromatic rings. The molecule has 1 aliphatic rings. The number of hydrogen-bond acceptors (Lipinski definition) is 2. The van der Waals surface area contributed by atoms with Crippen molar-refractivity contribution in [1.82, 2.24) is 4.98 Å². The molecule has 1 aromatic heterocycles. The van der Waals surface area contributed by atoms with Crippen LogP contribution in [0.15, 0.2) is 18.3 Å². The van der Waals surface area contributed by atoms with E-state index in [1.165, 1.54) is 18.5 Å². The summed E-state index contributed by atoms with van der Waals surface area (Å²) in [6.45, 7) is 6.65. The highest BCUT2D eigenvalue weighted by molar-refractivity contribution is 5.48. The topological polar surface area (TPSA) is 24.9 Å². The molecule has 2 nitrogen and oxygen atoms in total. The summed E-state index contributed by atoms with van der Waals surface area (Å²) in [5, 5.41) is 3.55. The monoisotopic (exact) mass is 190 g/mol. The molecule has 1 unspecified atom stereocenters. The summed E-state index contributed by atoms with van der Waals surface area (Å²) < 4.78 is 0. The largest absolute Gasteiger partial charge is 0.381 e. The highest BCUT2D eigenvalue weighted by Gasteiger charge is 2.42. The Morgan fingerprint density at radius 2 is 2.21 bits per heavy atom. The van der Waals surface area contributed by atoms with Gasteiger partial charge in [0.25, 0.3) is 0 Å². The number of rotatable bonds is 3. The predicted octanol–water partition coefficient (Wildman–Crippen LogP) is 2.99. The first kappa shape index (κ1) is 9.50. The molecule has 0 spiro atoms. The number of aromatic nitrogens is 1. The molecule has 14 heavy (non-hydrogen) atoms. The lowest BCUT2D eigenvalue weighted by Crippen LogP contribution is -2.25. The van der Waals surface area contributed by atoms with Gasteiger partial charge in [0.15, 0.2) is 0 Å². The number of nitrogens with zero attached hydrogens (tertiary/aromatic N) is 1. The molecule has 0 radical (unpaired) electrons. The van der Waals surface area contributed by atoms with E-state index < -0.39 is 0 Å². The lowest BCUT2D eigenvalue weighted by atomic mass is 10.0. The van der Waals surface area contributed by atoms with Gasteiger partial charge in [-0.05, 0) is 44.2 Å². The van der Waals surface area contributed by atoms with Crippen LogP contribution in [-0.4, -0.2) is 11.0 Å². The van der Waals surface area contributed by atoms with Gasteiger partial charge >= 0.3 is 0 Å². The smallest absolute Gasteiger partial charge is 0.0603 e. The summed E-state index contributed by atoms with van der Waals surface area (Å²) in [6.07, 6.45) is 4.53. The van der Waals surface area contributed by atoms with Gasteiger partial charge in [0, 0.05) is 12.2 Å².